The molecular weight excluding hydrogens is 1770 g/mol. The summed E-state index contributed by atoms with van der Waals surface area (Å²) in [4.78, 5) is 184. The molecule has 12 heterocycles. The predicted molar refractivity (Wildman–Crippen MR) is 441 cm³/mol. The van der Waals surface area contributed by atoms with Gasteiger partial charge in [0.25, 0.3) is 17.7 Å². The van der Waals surface area contributed by atoms with E-state index < -0.39 is 112 Å². The van der Waals surface area contributed by atoms with E-state index >= 15 is 0 Å². The number of halogens is 3. The van der Waals surface area contributed by atoms with Gasteiger partial charge in [0.05, 0.1) is 81.9 Å². The summed E-state index contributed by atoms with van der Waals surface area (Å²) in [6, 6.07) is -5.09. The fourth-order valence-corrected chi connectivity index (χ4v) is 15.4. The number of carbonyl (C=O) groups excluding carboxylic acids is 11. The molecule has 0 radical (unpaired) electrons. The Hall–Kier alpha value is -10.8. The summed E-state index contributed by atoms with van der Waals surface area (Å²) in [5.74, 6) is -0.842. The number of alkyl halides is 3. The van der Waals surface area contributed by atoms with Crippen LogP contribution < -0.4 is 28.8 Å². The van der Waals surface area contributed by atoms with Gasteiger partial charge in [-0.2, -0.15) is 52.1 Å². The molecule has 0 spiro atoms. The molecule has 12 rings (SSSR count). The number of carboxylic acids is 1. The van der Waals surface area contributed by atoms with Crippen LogP contribution in [0.3, 0.4) is 0 Å². The van der Waals surface area contributed by atoms with E-state index in [2.05, 4.69) is 66.8 Å². The van der Waals surface area contributed by atoms with Crippen molar-refractivity contribution in [2.75, 3.05) is 92.1 Å². The van der Waals surface area contributed by atoms with Gasteiger partial charge in [-0.05, 0) is 51.4 Å². The number of rotatable bonds is 33. The average molecular weight is 1890 g/mol. The molecule has 12 aliphatic heterocycles. The molecule has 51 nitrogen and oxygen atoms in total. The smallest absolute Gasteiger partial charge is 0.490 e. The summed E-state index contributed by atoms with van der Waals surface area (Å²) >= 11 is 0. The van der Waals surface area contributed by atoms with Gasteiger partial charge in [0, 0.05) is 75.0 Å². The third-order valence-corrected chi connectivity index (χ3v) is 21.3. The SMILES string of the molecule is C.C=CCON1C(=O)N2C[C@H]1C(=NOCC(N)=O)C[C@H]2CC.C=CCON1C(=O)N2C[C@H]1C(=O)C[C@H]2CC.C=CCON1C(=O)N2C[C@H]1[C@@H](O)C[C@H]2CC.C=CCON1C(=O)N2C[C@H]1[C@@H](O)C[C@H]2CC.CC.CC[C@@H]1CC(=NOCC(N)=O)[C@@H]2CN1C(=O)N2OS(=O)(=O)[O-].CC[C@@H]1CC(=NOCC(N)=O)[C@@H]2CN1C(=O)N2OS(=O)(=O)[O-].NOCC(N)=O.O=C(O)C(F)(F)F. The van der Waals surface area contributed by atoms with Crippen molar-refractivity contribution in [1.82, 2.24) is 59.8 Å². The average Bonchev–Trinajstić information content (AvgIpc) is 1.75. The standard InChI is InChI=1S/C13H20N4O4.2C11H18N2O3.C11H16N2O3.2C10H16N4O7S.C2HF3O2.C2H6N2O2.C2H6.CH4/c1-3-5-21-17-11-7-16(13(17)19)9(4-2)6-10(11)15-20-8-12(14)18;3*1-3-5-16-13-9-7-12(11(13)15)8(4-2)6-10(9)14;2*1-2-6-3-7(12-20-5-9(11)15)8-4-13(6)10(16)14(8)21-22(17,18)19;3-2(4,5)1(6)7;3-2(5)1-6-4;1-2;/h3,9,11H,1,4-8H2,2H3,(H2,14,18);2*3,8-10,14H,1,4-7H2,2H3;3,8-9H,1,4-7H2,2H3;2*6,8H,2-5H2,1H3,(H2,11,15)(H,17,18,19);(H,6,7);1,4H2,(H2,3,5);1-2H3;1H4/p-2/t9-,11+;2*8-,9+,10+;8-,9+;2*6-,8+;;;;/m111111..../s1. The number of fused-ring (bicyclic) bond motifs is 12. The lowest BCUT2D eigenvalue weighted by atomic mass is 9.96. The number of carboxylic acid groups (broad SMARTS) is 1. The second kappa shape index (κ2) is 52.8. The second-order valence-corrected chi connectivity index (χ2v) is 30.8. The fourth-order valence-electron chi connectivity index (χ4n) is 14.7. The van der Waals surface area contributed by atoms with E-state index in [-0.39, 0.29) is 131 Å². The summed E-state index contributed by atoms with van der Waals surface area (Å²) in [6.45, 7) is 31.9. The minimum Gasteiger partial charge on any atom is -0.724 e. The number of ketones is 1. The van der Waals surface area contributed by atoms with Crippen LogP contribution in [-0.4, -0.2) is 373 Å². The molecule has 56 heteroatoms. The molecular formula is C73H119F3N20O31S2-2. The number of nitrogens with zero attached hydrogens (tertiary/aromatic N) is 15. The van der Waals surface area contributed by atoms with Gasteiger partial charge in [-0.15, -0.1) is 26.3 Å². The van der Waals surface area contributed by atoms with Crippen molar-refractivity contribution in [3.63, 3.8) is 0 Å². The molecule has 12 saturated heterocycles. The lowest BCUT2D eigenvalue weighted by Crippen LogP contribution is -2.47. The highest BCUT2D eigenvalue weighted by Crippen LogP contribution is 2.37. The Morgan fingerprint density at radius 2 is 0.674 bits per heavy atom. The van der Waals surface area contributed by atoms with Crippen LogP contribution in [-0.2, 0) is 96.8 Å². The molecule has 13 N–H and O–H groups in total. The van der Waals surface area contributed by atoms with Crippen molar-refractivity contribution < 1.29 is 159 Å². The molecule has 0 aromatic carbocycles. The number of nitrogens with two attached hydrogens (primary N) is 5. The third kappa shape index (κ3) is 31.5. The number of hydrogen-bond acceptors (Lipinski definition) is 34. The van der Waals surface area contributed by atoms with Crippen molar-refractivity contribution in [3.8, 4) is 0 Å². The van der Waals surface area contributed by atoms with Crippen LogP contribution in [0, 0.1) is 0 Å². The van der Waals surface area contributed by atoms with Gasteiger partial charge in [-0.1, -0.05) is 103 Å². The summed E-state index contributed by atoms with van der Waals surface area (Å²) in [7, 11) is -10.2. The minimum absolute atomic E-state index is 0. The summed E-state index contributed by atoms with van der Waals surface area (Å²) in [6.07, 6.45) is 7.72. The number of primary amides is 4. The summed E-state index contributed by atoms with van der Waals surface area (Å²) in [5, 5.41) is 44.6. The minimum atomic E-state index is -5.10. The van der Waals surface area contributed by atoms with Crippen molar-refractivity contribution in [3.05, 3.63) is 50.6 Å². The van der Waals surface area contributed by atoms with Crippen LogP contribution in [0.15, 0.2) is 66.1 Å². The Labute approximate surface area is 743 Å². The highest BCUT2D eigenvalue weighted by molar-refractivity contribution is 7.81. The summed E-state index contributed by atoms with van der Waals surface area (Å²) in [5.41, 5.74) is 20.7. The van der Waals surface area contributed by atoms with E-state index in [1.165, 1.54) is 30.1 Å². The molecule has 0 aromatic heterocycles. The van der Waals surface area contributed by atoms with E-state index in [0.29, 0.717) is 118 Å². The number of hydrogen-bond donors (Lipinski definition) is 8. The molecule has 732 valence electrons. The van der Waals surface area contributed by atoms with E-state index in [0.717, 1.165) is 25.7 Å². The first-order valence-electron chi connectivity index (χ1n) is 40.4. The second-order valence-electron chi connectivity index (χ2n) is 28.9. The van der Waals surface area contributed by atoms with Crippen LogP contribution >= 0.6 is 0 Å². The van der Waals surface area contributed by atoms with Crippen LogP contribution in [0.25, 0.3) is 0 Å². The van der Waals surface area contributed by atoms with Crippen LogP contribution in [0.2, 0.25) is 0 Å². The zero-order valence-electron chi connectivity index (χ0n) is 71.9. The molecule has 12 aliphatic rings. The van der Waals surface area contributed by atoms with E-state index in [4.69, 9.17) is 61.0 Å². The number of carbonyl (C=O) groups is 12. The Morgan fingerprint density at radius 1 is 0.434 bits per heavy atom. The maximum Gasteiger partial charge on any atom is 0.490 e. The molecule has 129 heavy (non-hydrogen) atoms. The predicted octanol–water partition coefficient (Wildman–Crippen LogP) is 0.426. The van der Waals surface area contributed by atoms with Gasteiger partial charge in [0.15, 0.2) is 25.6 Å². The zero-order valence-corrected chi connectivity index (χ0v) is 73.6. The number of aliphatic hydroxyl groups is 2. The van der Waals surface area contributed by atoms with E-state index in [1.807, 2.05) is 55.4 Å². The normalized spacial score (nSPS) is 26.3. The Bertz CT molecular complexity index is 4040. The Morgan fingerprint density at radius 3 is 0.922 bits per heavy atom. The van der Waals surface area contributed by atoms with Gasteiger partial charge >= 0.3 is 48.3 Å². The summed E-state index contributed by atoms with van der Waals surface area (Å²) < 4.78 is 105. The third-order valence-electron chi connectivity index (χ3n) is 20.6. The topological polar surface area (TPSA) is 678 Å². The number of oxime groups is 3. The van der Waals surface area contributed by atoms with Gasteiger partial charge in [-0.25, -0.2) is 56.3 Å². The number of urea groups is 6. The monoisotopic (exact) mass is 1890 g/mol. The molecule has 12 bridgehead atoms. The lowest BCUT2D eigenvalue weighted by Gasteiger charge is -2.32. The quantitative estimate of drug-likeness (QED) is 0.0191. The van der Waals surface area contributed by atoms with Crippen molar-refractivity contribution in [2.45, 2.75) is 231 Å². The largest absolute Gasteiger partial charge is 0.724 e. The fraction of sp³-hybridized carbons (Fsp3) is 0.685. The number of Topliss-reactive ketones (excluding diaryl/α,β-unsaturated/α-hetero) is 1. The van der Waals surface area contributed by atoms with Gasteiger partial charge in [0.2, 0.25) is 26.7 Å². The molecule has 16 amide bonds. The van der Waals surface area contributed by atoms with Crippen LogP contribution in [0.4, 0.5) is 41.9 Å². The molecule has 14 atom stereocenters. The van der Waals surface area contributed by atoms with Gasteiger partial charge in [-0.3, -0.25) is 48.2 Å². The molecule has 12 fully saturated rings. The van der Waals surface area contributed by atoms with Crippen molar-refractivity contribution in [2.24, 2.45) is 44.3 Å². The maximum atomic E-state index is 12.3. The lowest BCUT2D eigenvalue weighted by molar-refractivity contribution is -0.192. The van der Waals surface area contributed by atoms with E-state index in [9.17, 15) is 102 Å². The number of piperidine rings is 6. The Kier molecular flexibility index (Phi) is 46.0. The number of amides is 16. The van der Waals surface area contributed by atoms with Gasteiger partial charge < -0.3 is 91.3 Å². The molecule has 0 aromatic rings. The van der Waals surface area contributed by atoms with Crippen molar-refractivity contribution >= 4 is 110 Å². The first-order valence-corrected chi connectivity index (χ1v) is 43.0. The maximum absolute atomic E-state index is 12.3. The van der Waals surface area contributed by atoms with Crippen LogP contribution in [0.5, 0.6) is 0 Å². The highest BCUT2D eigenvalue weighted by atomic mass is 32.3. The number of hydroxylamine groups is 12. The zero-order chi connectivity index (χ0) is 96.6. The van der Waals surface area contributed by atoms with Crippen LogP contribution in [0.1, 0.15) is 140 Å². The number of aliphatic hydroxyl groups excluding tert-OH is 2. The Balaban J connectivity index is 0.000000387. The highest BCUT2D eigenvalue weighted by Gasteiger charge is 2.55. The molecule has 0 unspecified atom stereocenters. The van der Waals surface area contributed by atoms with E-state index in [1.54, 1.807) is 43.9 Å². The van der Waals surface area contributed by atoms with Gasteiger partial charge in [0.1, 0.15) is 42.9 Å². The molecule has 0 aliphatic carbocycles. The first kappa shape index (κ1) is 112. The molecule has 0 saturated carbocycles. The number of aliphatic carboxylic acids is 1. The van der Waals surface area contributed by atoms with Crippen molar-refractivity contribution in [1.29, 1.82) is 0 Å². The first-order chi connectivity index (χ1) is 60.3.